The van der Waals surface area contributed by atoms with Gasteiger partial charge in [-0.1, -0.05) is 30.3 Å². The predicted octanol–water partition coefficient (Wildman–Crippen LogP) is 1.33. The van der Waals surface area contributed by atoms with Gasteiger partial charge in [0.15, 0.2) is 0 Å². The number of hydrogen-bond acceptors (Lipinski definition) is 4. The van der Waals surface area contributed by atoms with Crippen molar-refractivity contribution in [3.8, 4) is 0 Å². The van der Waals surface area contributed by atoms with Crippen LogP contribution in [0.3, 0.4) is 0 Å². The summed E-state index contributed by atoms with van der Waals surface area (Å²) in [5, 5.41) is 11.4. The molecule has 5 heteroatoms. The maximum Gasteiger partial charge on any atom is 0.108 e. The molecule has 21 heavy (non-hydrogen) atoms. The normalized spacial score (nSPS) is 31.6. The maximum absolute atomic E-state index is 11.4. The number of nitrogens with zero attached hydrogens (tertiary/aromatic N) is 2. The van der Waals surface area contributed by atoms with Crippen molar-refractivity contribution >= 4 is 12.4 Å². The van der Waals surface area contributed by atoms with E-state index in [1.54, 1.807) is 0 Å². The number of hydrogen-bond donors (Lipinski definition) is 1. The smallest absolute Gasteiger partial charge is 0.108 e. The molecule has 1 aromatic carbocycles. The molecule has 2 aliphatic rings. The van der Waals surface area contributed by atoms with Gasteiger partial charge in [-0.25, -0.2) is 0 Å². The van der Waals surface area contributed by atoms with E-state index >= 15 is 0 Å². The number of ether oxygens (including phenoxy) is 1. The molecule has 0 aliphatic carbocycles. The lowest BCUT2D eigenvalue weighted by molar-refractivity contribution is -0.115. The third-order valence-corrected chi connectivity index (χ3v) is 4.67. The molecule has 4 nitrogen and oxygen atoms in total. The van der Waals surface area contributed by atoms with Crippen LogP contribution >= 0.6 is 12.4 Å². The highest BCUT2D eigenvalue weighted by molar-refractivity contribution is 5.85. The van der Waals surface area contributed by atoms with Crippen molar-refractivity contribution < 1.29 is 9.84 Å². The molecule has 0 bridgehead atoms. The minimum Gasteiger partial charge on any atom is -0.383 e. The summed E-state index contributed by atoms with van der Waals surface area (Å²) < 4.78 is 5.45. The largest absolute Gasteiger partial charge is 0.383 e. The van der Waals surface area contributed by atoms with E-state index in [-0.39, 0.29) is 18.4 Å². The van der Waals surface area contributed by atoms with E-state index in [4.69, 9.17) is 4.74 Å². The van der Waals surface area contributed by atoms with Crippen molar-refractivity contribution in [2.24, 2.45) is 0 Å². The summed E-state index contributed by atoms with van der Waals surface area (Å²) in [7, 11) is 2.14. The Morgan fingerprint density at radius 3 is 2.48 bits per heavy atom. The van der Waals surface area contributed by atoms with Crippen LogP contribution in [0.5, 0.6) is 0 Å². The first kappa shape index (κ1) is 16.7. The van der Waals surface area contributed by atoms with Crippen LogP contribution < -0.4 is 0 Å². The van der Waals surface area contributed by atoms with Crippen LogP contribution in [0.1, 0.15) is 12.0 Å². The number of likely N-dealkylation sites (tertiary alicyclic amines) is 1. The fourth-order valence-electron chi connectivity index (χ4n) is 3.44. The molecule has 3 rings (SSSR count). The van der Waals surface area contributed by atoms with Crippen molar-refractivity contribution in [3.05, 3.63) is 35.9 Å². The highest BCUT2D eigenvalue weighted by Gasteiger charge is 2.45. The number of likely N-dealkylation sites (N-methyl/N-ethyl adjacent to an activating group) is 1. The number of halogens is 1. The van der Waals surface area contributed by atoms with Crippen molar-refractivity contribution in [3.63, 3.8) is 0 Å². The second-order valence-electron chi connectivity index (χ2n) is 5.97. The molecule has 118 valence electrons. The Bertz CT molecular complexity index is 439. The molecule has 2 saturated heterocycles. The Balaban J connectivity index is 0.00000161. The number of rotatable bonds is 2. The minimum atomic E-state index is -0.745. The summed E-state index contributed by atoms with van der Waals surface area (Å²) in [5.74, 6) is 0. The van der Waals surface area contributed by atoms with Gasteiger partial charge >= 0.3 is 0 Å². The third kappa shape index (κ3) is 3.41. The van der Waals surface area contributed by atoms with Gasteiger partial charge in [-0.2, -0.15) is 0 Å². The van der Waals surface area contributed by atoms with E-state index in [1.807, 2.05) is 18.2 Å². The summed E-state index contributed by atoms with van der Waals surface area (Å²) in [5.41, 5.74) is 0.301. The molecular formula is C16H25ClN2O2. The molecule has 2 aliphatic heterocycles. The number of aliphatic hydroxyl groups is 1. The zero-order valence-electron chi connectivity index (χ0n) is 12.6. The van der Waals surface area contributed by atoms with Crippen LogP contribution in [0, 0.1) is 0 Å². The Kier molecular flexibility index (Phi) is 5.63. The fourth-order valence-corrected chi connectivity index (χ4v) is 3.44. The summed E-state index contributed by atoms with van der Waals surface area (Å²) in [6.07, 6.45) is 0.787. The van der Waals surface area contributed by atoms with Crippen LogP contribution in [0.2, 0.25) is 0 Å². The average molecular weight is 313 g/mol. The van der Waals surface area contributed by atoms with Gasteiger partial charge in [0.05, 0.1) is 19.3 Å². The van der Waals surface area contributed by atoms with Gasteiger partial charge in [0, 0.05) is 26.2 Å². The van der Waals surface area contributed by atoms with Gasteiger partial charge in [-0.15, -0.1) is 12.4 Å². The van der Waals surface area contributed by atoms with Gasteiger partial charge in [0.2, 0.25) is 0 Å². The van der Waals surface area contributed by atoms with E-state index in [0.717, 1.165) is 51.4 Å². The Morgan fingerprint density at radius 2 is 1.81 bits per heavy atom. The third-order valence-electron chi connectivity index (χ3n) is 4.67. The highest BCUT2D eigenvalue weighted by atomic mass is 35.5. The molecule has 0 radical (unpaired) electrons. The minimum absolute atomic E-state index is 0. The lowest BCUT2D eigenvalue weighted by Gasteiger charge is -2.49. The molecular weight excluding hydrogens is 288 g/mol. The SMILES string of the molecule is CN1CCC(O)(c2ccccc2)C(N2CCOCC2)C1.Cl. The first-order chi connectivity index (χ1) is 9.70. The van der Waals surface area contributed by atoms with E-state index in [1.165, 1.54) is 0 Å². The summed E-state index contributed by atoms with van der Waals surface area (Å²) in [6, 6.07) is 10.3. The standard InChI is InChI=1S/C16H24N2O2.ClH/c1-17-8-7-16(19,14-5-3-2-4-6-14)15(13-17)18-9-11-20-12-10-18;/h2-6,15,19H,7-13H2,1H3;1H. The maximum atomic E-state index is 11.4. The lowest BCUT2D eigenvalue weighted by Crippen LogP contribution is -2.61. The first-order valence-electron chi connectivity index (χ1n) is 7.48. The van der Waals surface area contributed by atoms with Crippen LogP contribution in [-0.4, -0.2) is 67.4 Å². The molecule has 1 aromatic rings. The Labute approximate surface area is 133 Å². The van der Waals surface area contributed by atoms with Crippen LogP contribution in [0.4, 0.5) is 0 Å². The summed E-state index contributed by atoms with van der Waals surface area (Å²) >= 11 is 0. The molecule has 2 fully saturated rings. The second-order valence-corrected chi connectivity index (χ2v) is 5.97. The number of piperidine rings is 1. The van der Waals surface area contributed by atoms with Crippen molar-refractivity contribution in [1.82, 2.24) is 9.80 Å². The Hall–Kier alpha value is -0.650. The molecule has 0 saturated carbocycles. The fraction of sp³-hybridized carbons (Fsp3) is 0.625. The molecule has 0 spiro atoms. The van der Waals surface area contributed by atoms with Crippen LogP contribution in [-0.2, 0) is 10.3 Å². The summed E-state index contributed by atoms with van der Waals surface area (Å²) in [6.45, 7) is 5.20. The van der Waals surface area contributed by atoms with Crippen molar-refractivity contribution in [1.29, 1.82) is 0 Å². The second kappa shape index (κ2) is 7.07. The quantitative estimate of drug-likeness (QED) is 0.894. The van der Waals surface area contributed by atoms with Gasteiger partial charge in [0.1, 0.15) is 5.60 Å². The summed E-state index contributed by atoms with van der Waals surface area (Å²) in [4.78, 5) is 4.71. The first-order valence-corrected chi connectivity index (χ1v) is 7.48. The van der Waals surface area contributed by atoms with Gasteiger partial charge in [0.25, 0.3) is 0 Å². The topological polar surface area (TPSA) is 35.9 Å². The van der Waals surface area contributed by atoms with Crippen LogP contribution in [0.25, 0.3) is 0 Å². The molecule has 2 unspecified atom stereocenters. The van der Waals surface area contributed by atoms with Gasteiger partial charge in [-0.3, -0.25) is 4.90 Å². The lowest BCUT2D eigenvalue weighted by atomic mass is 9.79. The van der Waals surface area contributed by atoms with E-state index < -0.39 is 5.60 Å². The van der Waals surface area contributed by atoms with Gasteiger partial charge < -0.3 is 14.7 Å². The number of morpholine rings is 1. The van der Waals surface area contributed by atoms with E-state index in [2.05, 4.69) is 29.0 Å². The predicted molar refractivity (Wildman–Crippen MR) is 85.9 cm³/mol. The van der Waals surface area contributed by atoms with Crippen molar-refractivity contribution in [2.75, 3.05) is 46.4 Å². The Morgan fingerprint density at radius 1 is 1.14 bits per heavy atom. The highest BCUT2D eigenvalue weighted by Crippen LogP contribution is 2.35. The van der Waals surface area contributed by atoms with Crippen molar-refractivity contribution in [2.45, 2.75) is 18.1 Å². The monoisotopic (exact) mass is 312 g/mol. The van der Waals surface area contributed by atoms with E-state index in [9.17, 15) is 5.11 Å². The zero-order chi connectivity index (χ0) is 14.0. The van der Waals surface area contributed by atoms with Crippen LogP contribution in [0.15, 0.2) is 30.3 Å². The molecule has 2 heterocycles. The molecule has 0 amide bonds. The zero-order valence-corrected chi connectivity index (χ0v) is 13.4. The van der Waals surface area contributed by atoms with E-state index in [0.29, 0.717) is 0 Å². The number of benzene rings is 1. The average Bonchev–Trinajstić information content (AvgIpc) is 2.51. The van der Waals surface area contributed by atoms with Gasteiger partial charge in [-0.05, 0) is 19.0 Å². The molecule has 2 atom stereocenters. The molecule has 1 N–H and O–H groups in total. The molecule has 0 aromatic heterocycles.